The molecular formula is C12H17NO4. The summed E-state index contributed by atoms with van der Waals surface area (Å²) >= 11 is 0. The zero-order valence-corrected chi connectivity index (χ0v) is 9.81. The second-order valence-corrected chi connectivity index (χ2v) is 3.88. The van der Waals surface area contributed by atoms with E-state index in [9.17, 15) is 0 Å². The molecule has 1 heterocycles. The van der Waals surface area contributed by atoms with Gasteiger partial charge in [0.2, 0.25) is 0 Å². The Morgan fingerprint density at radius 1 is 1.35 bits per heavy atom. The number of hydrogen-bond donors (Lipinski definition) is 2. The van der Waals surface area contributed by atoms with E-state index in [-0.39, 0.29) is 6.61 Å². The monoisotopic (exact) mass is 239 g/mol. The van der Waals surface area contributed by atoms with Gasteiger partial charge in [-0.05, 0) is 6.07 Å². The fourth-order valence-corrected chi connectivity index (χ4v) is 1.77. The number of fused-ring (bicyclic) bond motifs is 1. The van der Waals surface area contributed by atoms with E-state index in [4.69, 9.17) is 25.1 Å². The minimum Gasteiger partial charge on any atom is -0.496 e. The van der Waals surface area contributed by atoms with E-state index in [1.165, 1.54) is 0 Å². The van der Waals surface area contributed by atoms with Gasteiger partial charge in [0.1, 0.15) is 5.75 Å². The molecule has 0 aliphatic carbocycles. The Bertz CT molecular complexity index is 394. The molecule has 1 aromatic rings. The quantitative estimate of drug-likeness (QED) is 0.818. The van der Waals surface area contributed by atoms with E-state index in [0.717, 1.165) is 12.0 Å². The average molecular weight is 239 g/mol. The standard InChI is InChI=1S/C12H17NO4/c1-15-10-6-12-11(16-3-2-4-17-12)5-8(10)9(13)7-14/h5-6,9,14H,2-4,7,13H2,1H3/t9-/m0/s1. The first kappa shape index (κ1) is 12.0. The lowest BCUT2D eigenvalue weighted by Gasteiger charge is -2.17. The molecule has 0 fully saturated rings. The number of aliphatic hydroxyl groups excluding tert-OH is 1. The normalized spacial score (nSPS) is 16.2. The lowest BCUT2D eigenvalue weighted by Crippen LogP contribution is -2.15. The van der Waals surface area contributed by atoms with E-state index in [1.807, 2.05) is 0 Å². The minimum atomic E-state index is -0.484. The van der Waals surface area contributed by atoms with Gasteiger partial charge in [-0.25, -0.2) is 0 Å². The van der Waals surface area contributed by atoms with Crippen LogP contribution < -0.4 is 19.9 Å². The zero-order valence-electron chi connectivity index (χ0n) is 9.81. The Hall–Kier alpha value is -1.46. The summed E-state index contributed by atoms with van der Waals surface area (Å²) < 4.78 is 16.4. The molecule has 1 aromatic carbocycles. The van der Waals surface area contributed by atoms with Gasteiger partial charge in [-0.3, -0.25) is 0 Å². The molecule has 0 radical (unpaired) electrons. The molecule has 1 aliphatic heterocycles. The highest BCUT2D eigenvalue weighted by atomic mass is 16.5. The lowest BCUT2D eigenvalue weighted by molar-refractivity contribution is 0.263. The number of ether oxygens (including phenoxy) is 3. The minimum absolute atomic E-state index is 0.143. The molecule has 0 saturated carbocycles. The molecular weight excluding hydrogens is 222 g/mol. The first-order chi connectivity index (χ1) is 8.26. The van der Waals surface area contributed by atoms with Crippen LogP contribution >= 0.6 is 0 Å². The average Bonchev–Trinajstić information content (AvgIpc) is 2.60. The number of rotatable bonds is 3. The summed E-state index contributed by atoms with van der Waals surface area (Å²) in [5, 5.41) is 9.12. The molecule has 1 atom stereocenters. The van der Waals surface area contributed by atoms with Gasteiger partial charge in [0, 0.05) is 18.1 Å². The van der Waals surface area contributed by atoms with Crippen molar-refractivity contribution in [2.75, 3.05) is 26.9 Å². The van der Waals surface area contributed by atoms with Crippen molar-refractivity contribution in [2.24, 2.45) is 5.73 Å². The van der Waals surface area contributed by atoms with E-state index in [1.54, 1.807) is 19.2 Å². The van der Waals surface area contributed by atoms with Crippen LogP contribution in [0, 0.1) is 0 Å². The number of benzene rings is 1. The van der Waals surface area contributed by atoms with Crippen molar-refractivity contribution in [3.63, 3.8) is 0 Å². The summed E-state index contributed by atoms with van der Waals surface area (Å²) in [6.45, 7) is 1.10. The molecule has 0 amide bonds. The van der Waals surface area contributed by atoms with Gasteiger partial charge in [-0.1, -0.05) is 0 Å². The third-order valence-corrected chi connectivity index (χ3v) is 2.70. The van der Waals surface area contributed by atoms with Crippen molar-refractivity contribution in [1.82, 2.24) is 0 Å². The molecule has 3 N–H and O–H groups in total. The maximum Gasteiger partial charge on any atom is 0.164 e. The van der Waals surface area contributed by atoms with Crippen LogP contribution in [0.1, 0.15) is 18.0 Å². The van der Waals surface area contributed by atoms with Crippen molar-refractivity contribution in [3.05, 3.63) is 17.7 Å². The number of nitrogens with two attached hydrogens (primary N) is 1. The molecule has 0 saturated heterocycles. The molecule has 0 bridgehead atoms. The summed E-state index contributed by atoms with van der Waals surface area (Å²) in [5.41, 5.74) is 6.54. The second-order valence-electron chi connectivity index (χ2n) is 3.88. The zero-order chi connectivity index (χ0) is 12.3. The fraction of sp³-hybridized carbons (Fsp3) is 0.500. The predicted octanol–water partition coefficient (Wildman–Crippen LogP) is 0.849. The van der Waals surface area contributed by atoms with Crippen molar-refractivity contribution in [2.45, 2.75) is 12.5 Å². The van der Waals surface area contributed by atoms with Crippen molar-refractivity contribution in [3.8, 4) is 17.2 Å². The van der Waals surface area contributed by atoms with Crippen LogP contribution in [-0.2, 0) is 0 Å². The molecule has 5 heteroatoms. The highest BCUT2D eigenvalue weighted by molar-refractivity contribution is 5.52. The number of aliphatic hydroxyl groups is 1. The molecule has 17 heavy (non-hydrogen) atoms. The summed E-state index contributed by atoms with van der Waals surface area (Å²) in [4.78, 5) is 0. The Morgan fingerprint density at radius 3 is 2.59 bits per heavy atom. The largest absolute Gasteiger partial charge is 0.496 e. The summed E-state index contributed by atoms with van der Waals surface area (Å²) in [7, 11) is 1.56. The van der Waals surface area contributed by atoms with E-state index < -0.39 is 6.04 Å². The molecule has 5 nitrogen and oxygen atoms in total. The predicted molar refractivity (Wildman–Crippen MR) is 62.6 cm³/mol. The van der Waals surface area contributed by atoms with Gasteiger partial charge in [0.05, 0.1) is 33.0 Å². The first-order valence-electron chi connectivity index (χ1n) is 5.60. The molecule has 0 spiro atoms. The fourth-order valence-electron chi connectivity index (χ4n) is 1.77. The molecule has 0 aromatic heterocycles. The third-order valence-electron chi connectivity index (χ3n) is 2.70. The van der Waals surface area contributed by atoms with Gasteiger partial charge in [-0.15, -0.1) is 0 Å². The highest BCUT2D eigenvalue weighted by Crippen LogP contribution is 2.38. The van der Waals surface area contributed by atoms with Crippen LogP contribution in [0.3, 0.4) is 0 Å². The van der Waals surface area contributed by atoms with Gasteiger partial charge >= 0.3 is 0 Å². The Morgan fingerprint density at radius 2 is 2.00 bits per heavy atom. The molecule has 0 unspecified atom stereocenters. The first-order valence-corrected chi connectivity index (χ1v) is 5.60. The Balaban J connectivity index is 2.42. The maximum atomic E-state index is 9.12. The van der Waals surface area contributed by atoms with Gasteiger partial charge < -0.3 is 25.1 Å². The van der Waals surface area contributed by atoms with E-state index in [2.05, 4.69) is 0 Å². The van der Waals surface area contributed by atoms with Crippen LogP contribution in [0.4, 0.5) is 0 Å². The highest BCUT2D eigenvalue weighted by Gasteiger charge is 2.18. The van der Waals surface area contributed by atoms with E-state index in [0.29, 0.717) is 30.5 Å². The van der Waals surface area contributed by atoms with Gasteiger partial charge in [0.25, 0.3) is 0 Å². The SMILES string of the molecule is COc1cc2c(cc1[C@@H](N)CO)OCCCO2. The van der Waals surface area contributed by atoms with Crippen LogP contribution in [0.25, 0.3) is 0 Å². The van der Waals surface area contributed by atoms with Gasteiger partial charge in [0.15, 0.2) is 11.5 Å². The lowest BCUT2D eigenvalue weighted by atomic mass is 10.1. The molecule has 1 aliphatic rings. The molecule has 94 valence electrons. The van der Waals surface area contributed by atoms with E-state index >= 15 is 0 Å². The third kappa shape index (κ3) is 2.45. The summed E-state index contributed by atoms with van der Waals surface area (Å²) in [5.74, 6) is 1.92. The van der Waals surface area contributed by atoms with Crippen molar-refractivity contribution < 1.29 is 19.3 Å². The number of methoxy groups -OCH3 is 1. The van der Waals surface area contributed by atoms with Gasteiger partial charge in [-0.2, -0.15) is 0 Å². The van der Waals surface area contributed by atoms with Crippen molar-refractivity contribution in [1.29, 1.82) is 0 Å². The smallest absolute Gasteiger partial charge is 0.164 e. The summed E-state index contributed by atoms with van der Waals surface area (Å²) in [6, 6.07) is 3.05. The van der Waals surface area contributed by atoms with Crippen LogP contribution in [0.15, 0.2) is 12.1 Å². The van der Waals surface area contributed by atoms with Crippen LogP contribution in [-0.4, -0.2) is 32.0 Å². The number of hydrogen-bond acceptors (Lipinski definition) is 5. The molecule has 2 rings (SSSR count). The second kappa shape index (κ2) is 5.25. The Labute approximate surface area is 100 Å². The Kier molecular flexibility index (Phi) is 3.71. The van der Waals surface area contributed by atoms with Crippen LogP contribution in [0.2, 0.25) is 0 Å². The van der Waals surface area contributed by atoms with Crippen LogP contribution in [0.5, 0.6) is 17.2 Å². The topological polar surface area (TPSA) is 73.9 Å². The maximum absolute atomic E-state index is 9.12. The summed E-state index contributed by atoms with van der Waals surface area (Å²) in [6.07, 6.45) is 0.846. The van der Waals surface area contributed by atoms with Crippen molar-refractivity contribution >= 4 is 0 Å².